The number of hydrogen-bond acceptors (Lipinski definition) is 3. The van der Waals surface area contributed by atoms with Crippen LogP contribution in [0.15, 0.2) is 18.2 Å². The molecule has 1 atom stereocenters. The van der Waals surface area contributed by atoms with E-state index < -0.39 is 29.6 Å². The number of methoxy groups -OCH3 is 1. The third-order valence-electron chi connectivity index (χ3n) is 4.26. The summed E-state index contributed by atoms with van der Waals surface area (Å²) in [5, 5.41) is 2.65. The van der Waals surface area contributed by atoms with Crippen LogP contribution in [-0.2, 0) is 20.7 Å². The van der Waals surface area contributed by atoms with Gasteiger partial charge in [0.25, 0.3) is 0 Å². The molecule has 2 rings (SSSR count). The molecule has 1 fully saturated rings. The molecule has 23 heavy (non-hydrogen) atoms. The Morgan fingerprint density at radius 2 is 1.96 bits per heavy atom. The van der Waals surface area contributed by atoms with Gasteiger partial charge in [-0.1, -0.05) is 25.3 Å². The molecule has 126 valence electrons. The smallest absolute Gasteiger partial charge is 0.328 e. The number of benzene rings is 1. The lowest BCUT2D eigenvalue weighted by molar-refractivity contribution is -0.147. The van der Waals surface area contributed by atoms with Crippen molar-refractivity contribution < 1.29 is 23.1 Å². The molecular weight excluding hydrogens is 304 g/mol. The minimum Gasteiger partial charge on any atom is -0.467 e. The van der Waals surface area contributed by atoms with E-state index in [9.17, 15) is 18.4 Å². The summed E-state index contributed by atoms with van der Waals surface area (Å²) in [5.41, 5.74) is 0.0937. The molecule has 0 spiro atoms. The standard InChI is InChI=1S/C17H21F2NO3/c1-23-17(22)16(11-5-3-2-4-6-11)20-15(21)9-12-7-8-13(18)10-14(12)19/h7-8,10-11,16H,2-6,9H2,1H3,(H,20,21)/t16-/m1/s1. The average Bonchev–Trinajstić information content (AvgIpc) is 2.55. The van der Waals surface area contributed by atoms with Crippen LogP contribution in [0.3, 0.4) is 0 Å². The second-order valence-corrected chi connectivity index (χ2v) is 5.88. The Hall–Kier alpha value is -1.98. The highest BCUT2D eigenvalue weighted by atomic mass is 19.1. The monoisotopic (exact) mass is 325 g/mol. The molecule has 1 N–H and O–H groups in total. The third kappa shape index (κ3) is 4.74. The van der Waals surface area contributed by atoms with Gasteiger partial charge in [0.15, 0.2) is 0 Å². The van der Waals surface area contributed by atoms with Crippen molar-refractivity contribution in [1.29, 1.82) is 0 Å². The molecule has 1 aliphatic carbocycles. The van der Waals surface area contributed by atoms with Crippen LogP contribution >= 0.6 is 0 Å². The first-order valence-electron chi connectivity index (χ1n) is 7.82. The number of amides is 1. The first-order valence-corrected chi connectivity index (χ1v) is 7.82. The quantitative estimate of drug-likeness (QED) is 0.847. The average molecular weight is 325 g/mol. The highest BCUT2D eigenvalue weighted by Gasteiger charge is 2.31. The van der Waals surface area contributed by atoms with Crippen molar-refractivity contribution in [3.05, 3.63) is 35.4 Å². The predicted octanol–water partition coefficient (Wildman–Crippen LogP) is 2.75. The predicted molar refractivity (Wildman–Crippen MR) is 80.6 cm³/mol. The Morgan fingerprint density at radius 1 is 1.26 bits per heavy atom. The summed E-state index contributed by atoms with van der Waals surface area (Å²) >= 11 is 0. The number of carbonyl (C=O) groups excluding carboxylic acids is 2. The maximum Gasteiger partial charge on any atom is 0.328 e. The highest BCUT2D eigenvalue weighted by molar-refractivity contribution is 5.85. The van der Waals surface area contributed by atoms with Crippen molar-refractivity contribution in [3.8, 4) is 0 Å². The van der Waals surface area contributed by atoms with Crippen LogP contribution in [0, 0.1) is 17.6 Å². The Morgan fingerprint density at radius 3 is 2.57 bits per heavy atom. The zero-order valence-electron chi connectivity index (χ0n) is 13.1. The van der Waals surface area contributed by atoms with Crippen LogP contribution in [0.1, 0.15) is 37.7 Å². The Bertz CT molecular complexity index is 571. The van der Waals surface area contributed by atoms with E-state index in [2.05, 4.69) is 5.32 Å². The first kappa shape index (κ1) is 17.4. The molecule has 1 aromatic carbocycles. The fourth-order valence-corrected chi connectivity index (χ4v) is 3.03. The van der Waals surface area contributed by atoms with Crippen LogP contribution in [0.25, 0.3) is 0 Å². The summed E-state index contributed by atoms with van der Waals surface area (Å²) < 4.78 is 31.3. The van der Waals surface area contributed by atoms with Crippen LogP contribution in [0.5, 0.6) is 0 Å². The molecule has 0 saturated heterocycles. The van der Waals surface area contributed by atoms with Gasteiger partial charge >= 0.3 is 5.97 Å². The molecular formula is C17H21F2NO3. The first-order chi connectivity index (χ1) is 11.0. The largest absolute Gasteiger partial charge is 0.467 e. The summed E-state index contributed by atoms with van der Waals surface area (Å²) in [7, 11) is 1.28. The molecule has 4 nitrogen and oxygen atoms in total. The minimum atomic E-state index is -0.771. The Labute approximate surface area is 134 Å². The van der Waals surface area contributed by atoms with Crippen molar-refractivity contribution in [1.82, 2.24) is 5.32 Å². The highest BCUT2D eigenvalue weighted by Crippen LogP contribution is 2.27. The number of ether oxygens (including phenoxy) is 1. The topological polar surface area (TPSA) is 55.4 Å². The zero-order valence-corrected chi connectivity index (χ0v) is 13.1. The van der Waals surface area contributed by atoms with E-state index >= 15 is 0 Å². The Kier molecular flexibility index (Phi) is 6.07. The molecule has 0 unspecified atom stereocenters. The third-order valence-corrected chi connectivity index (χ3v) is 4.26. The van der Waals surface area contributed by atoms with Gasteiger partial charge in [0, 0.05) is 6.07 Å². The summed E-state index contributed by atoms with van der Waals surface area (Å²) in [5.74, 6) is -2.38. The summed E-state index contributed by atoms with van der Waals surface area (Å²) in [6.45, 7) is 0. The maximum atomic E-state index is 13.6. The van der Waals surface area contributed by atoms with E-state index in [-0.39, 0.29) is 17.9 Å². The molecule has 1 saturated carbocycles. The van der Waals surface area contributed by atoms with E-state index in [0.717, 1.165) is 44.2 Å². The van der Waals surface area contributed by atoms with E-state index in [0.29, 0.717) is 0 Å². The molecule has 1 amide bonds. The summed E-state index contributed by atoms with van der Waals surface area (Å²) in [6, 6.07) is 2.36. The summed E-state index contributed by atoms with van der Waals surface area (Å²) in [6.07, 6.45) is 4.61. The maximum absolute atomic E-state index is 13.6. The van der Waals surface area contributed by atoms with Crippen LogP contribution in [-0.4, -0.2) is 25.0 Å². The van der Waals surface area contributed by atoms with Gasteiger partial charge < -0.3 is 10.1 Å². The molecule has 6 heteroatoms. The summed E-state index contributed by atoms with van der Waals surface area (Å²) in [4.78, 5) is 24.1. The van der Waals surface area contributed by atoms with E-state index in [1.165, 1.54) is 13.2 Å². The number of halogens is 2. The lowest BCUT2D eigenvalue weighted by Crippen LogP contribution is -2.47. The van der Waals surface area contributed by atoms with Crippen molar-refractivity contribution in [3.63, 3.8) is 0 Å². The number of hydrogen-bond donors (Lipinski definition) is 1. The van der Waals surface area contributed by atoms with Crippen LogP contribution in [0.2, 0.25) is 0 Å². The van der Waals surface area contributed by atoms with Crippen molar-refractivity contribution >= 4 is 11.9 Å². The van der Waals surface area contributed by atoms with Crippen LogP contribution in [0.4, 0.5) is 8.78 Å². The van der Waals surface area contributed by atoms with Gasteiger partial charge in [0.05, 0.1) is 13.5 Å². The van der Waals surface area contributed by atoms with Crippen molar-refractivity contribution in [2.24, 2.45) is 5.92 Å². The van der Waals surface area contributed by atoms with Gasteiger partial charge in [0.1, 0.15) is 17.7 Å². The van der Waals surface area contributed by atoms with Gasteiger partial charge in [-0.3, -0.25) is 4.79 Å². The molecule has 0 aromatic heterocycles. The van der Waals surface area contributed by atoms with Gasteiger partial charge in [0.2, 0.25) is 5.91 Å². The van der Waals surface area contributed by atoms with Gasteiger partial charge in [-0.25, -0.2) is 13.6 Å². The minimum absolute atomic E-state index is 0.0400. The SMILES string of the molecule is COC(=O)[C@H](NC(=O)Cc1ccc(F)cc1F)C1CCCCC1. The normalized spacial score (nSPS) is 16.7. The zero-order chi connectivity index (χ0) is 16.8. The van der Waals surface area contributed by atoms with Crippen molar-refractivity contribution in [2.45, 2.75) is 44.6 Å². The molecule has 0 bridgehead atoms. The molecule has 0 aliphatic heterocycles. The second kappa shape index (κ2) is 8.04. The van der Waals surface area contributed by atoms with Gasteiger partial charge in [-0.2, -0.15) is 0 Å². The molecule has 1 aromatic rings. The number of nitrogens with one attached hydrogen (secondary N) is 1. The number of esters is 1. The van der Waals surface area contributed by atoms with E-state index in [1.54, 1.807) is 0 Å². The molecule has 0 radical (unpaired) electrons. The fourth-order valence-electron chi connectivity index (χ4n) is 3.03. The fraction of sp³-hybridized carbons (Fsp3) is 0.529. The van der Waals surface area contributed by atoms with E-state index in [1.807, 2.05) is 0 Å². The van der Waals surface area contributed by atoms with Gasteiger partial charge in [-0.05, 0) is 30.4 Å². The second-order valence-electron chi connectivity index (χ2n) is 5.88. The molecule has 1 aliphatic rings. The Balaban J connectivity index is 2.03. The van der Waals surface area contributed by atoms with Gasteiger partial charge in [-0.15, -0.1) is 0 Å². The lowest BCUT2D eigenvalue weighted by atomic mass is 9.83. The van der Waals surface area contributed by atoms with Crippen molar-refractivity contribution in [2.75, 3.05) is 7.11 Å². The lowest BCUT2D eigenvalue weighted by Gasteiger charge is -2.29. The van der Waals surface area contributed by atoms with Crippen LogP contribution < -0.4 is 5.32 Å². The molecule has 0 heterocycles. The van der Waals surface area contributed by atoms with E-state index in [4.69, 9.17) is 4.74 Å². The number of carbonyl (C=O) groups is 2. The number of rotatable bonds is 5.